The van der Waals surface area contributed by atoms with Crippen molar-refractivity contribution in [3.8, 4) is 6.07 Å². The number of fused-ring (bicyclic) bond motifs is 1. The summed E-state index contributed by atoms with van der Waals surface area (Å²) >= 11 is 1.66. The normalized spacial score (nSPS) is 33.6. The maximum Gasteiger partial charge on any atom is 0.113 e. The average Bonchev–Trinajstić information content (AvgIpc) is 3.39. The summed E-state index contributed by atoms with van der Waals surface area (Å²) in [6.45, 7) is 0.726. The third kappa shape index (κ3) is 6.77. The number of hydrogen-bond donors (Lipinski definition) is 8. The zero-order valence-electron chi connectivity index (χ0n) is 22.3. The average molecular weight is 590 g/mol. The molecule has 2 fully saturated rings. The second kappa shape index (κ2) is 13.6. The minimum atomic E-state index is -1.44. The van der Waals surface area contributed by atoms with Gasteiger partial charge in [-0.25, -0.2) is 0 Å². The maximum atomic E-state index is 10.4. The standard InChI is InChI=1S/C22H21NO5S.C7H14O5/c23-10-14-6-5-13(22-21(27)20(26)19(25)17(11-24)28-22)7-15(14)9-16-8-12-3-1-2-4-18(12)29-16;1-3-5(9)7(11)6(10)4(2-8)12-3/h1-8,17,19-22,24-27H,9,11H2;3-11H,2H2,1H3/t17-,19-,20+,21-,22+;3-,4+,5-,6+,7+/m10/s1. The lowest BCUT2D eigenvalue weighted by Crippen LogP contribution is -2.57. The summed E-state index contributed by atoms with van der Waals surface area (Å²) in [5, 5.41) is 86.9. The number of hydrogen-bond acceptors (Lipinski definition) is 12. The van der Waals surface area contributed by atoms with E-state index < -0.39 is 67.6 Å². The molecule has 41 heavy (non-hydrogen) atoms. The lowest BCUT2D eigenvalue weighted by Gasteiger charge is -2.40. The van der Waals surface area contributed by atoms with Crippen LogP contribution in [0.4, 0.5) is 0 Å². The molecule has 0 amide bonds. The molecule has 3 heterocycles. The summed E-state index contributed by atoms with van der Waals surface area (Å²) in [5.41, 5.74) is 1.89. The Morgan fingerprint density at radius 3 is 2.05 bits per heavy atom. The van der Waals surface area contributed by atoms with Crippen LogP contribution in [0.5, 0.6) is 0 Å². The zero-order valence-corrected chi connectivity index (χ0v) is 23.1. The van der Waals surface area contributed by atoms with Gasteiger partial charge in [0.1, 0.15) is 54.9 Å². The van der Waals surface area contributed by atoms with Crippen LogP contribution in [0.1, 0.15) is 34.6 Å². The molecule has 2 aliphatic rings. The van der Waals surface area contributed by atoms with E-state index in [0.29, 0.717) is 17.5 Å². The van der Waals surface area contributed by atoms with Crippen LogP contribution in [0.2, 0.25) is 0 Å². The van der Waals surface area contributed by atoms with Crippen molar-refractivity contribution >= 4 is 21.4 Å². The van der Waals surface area contributed by atoms with E-state index in [1.54, 1.807) is 36.5 Å². The summed E-state index contributed by atoms with van der Waals surface area (Å²) < 4.78 is 11.8. The molecule has 2 aliphatic heterocycles. The van der Waals surface area contributed by atoms with Crippen molar-refractivity contribution in [2.75, 3.05) is 13.2 Å². The number of nitriles is 1. The fourth-order valence-corrected chi connectivity index (χ4v) is 6.11. The molecular formula is C29H35NO10S. The molecule has 2 saturated heterocycles. The summed E-state index contributed by atoms with van der Waals surface area (Å²) in [4.78, 5) is 1.11. The van der Waals surface area contributed by atoms with E-state index in [1.165, 1.54) is 4.70 Å². The molecular weight excluding hydrogens is 554 g/mol. The van der Waals surface area contributed by atoms with Gasteiger partial charge in [0.15, 0.2) is 0 Å². The van der Waals surface area contributed by atoms with Gasteiger partial charge in [-0.05, 0) is 41.6 Å². The quantitative estimate of drug-likeness (QED) is 0.194. The minimum absolute atomic E-state index is 0.366. The van der Waals surface area contributed by atoms with Gasteiger partial charge in [-0.15, -0.1) is 11.3 Å². The molecule has 0 saturated carbocycles. The number of ether oxygens (including phenoxy) is 2. The Morgan fingerprint density at radius 1 is 0.780 bits per heavy atom. The van der Waals surface area contributed by atoms with Gasteiger partial charge in [0.05, 0.1) is 31.0 Å². The SMILES string of the molecule is C[C@@H]1O[C@H](CO)[C@@H](O)[C@H](O)[C@H]1O.N#Cc1ccc([C@@H]2O[C@H](CO)[C@@H](O)[C@H](O)[C@H]2O)cc1Cc1cc2ccccc2s1. The second-order valence-corrected chi connectivity index (χ2v) is 11.4. The van der Waals surface area contributed by atoms with E-state index in [2.05, 4.69) is 18.2 Å². The highest BCUT2D eigenvalue weighted by Crippen LogP contribution is 2.34. The third-order valence-electron chi connectivity index (χ3n) is 7.44. The van der Waals surface area contributed by atoms with Gasteiger partial charge >= 0.3 is 0 Å². The highest BCUT2D eigenvalue weighted by atomic mass is 32.1. The van der Waals surface area contributed by atoms with Crippen LogP contribution in [0, 0.1) is 11.3 Å². The van der Waals surface area contributed by atoms with Crippen LogP contribution >= 0.6 is 11.3 Å². The lowest BCUT2D eigenvalue weighted by molar-refractivity contribution is -0.231. The molecule has 10 atom stereocenters. The molecule has 0 spiro atoms. The first-order chi connectivity index (χ1) is 19.6. The first kappa shape index (κ1) is 31.4. The van der Waals surface area contributed by atoms with Crippen LogP contribution in [-0.2, 0) is 15.9 Å². The Balaban J connectivity index is 0.000000271. The minimum Gasteiger partial charge on any atom is -0.394 e. The molecule has 222 valence electrons. The van der Waals surface area contributed by atoms with E-state index in [0.717, 1.165) is 15.8 Å². The number of nitrogens with zero attached hydrogens (tertiary/aromatic N) is 1. The van der Waals surface area contributed by atoms with Crippen LogP contribution in [0.15, 0.2) is 48.5 Å². The van der Waals surface area contributed by atoms with Gasteiger partial charge in [0, 0.05) is 16.0 Å². The molecule has 1 aromatic heterocycles. The van der Waals surface area contributed by atoms with Gasteiger partial charge in [-0.3, -0.25) is 0 Å². The van der Waals surface area contributed by atoms with Crippen LogP contribution in [0.25, 0.3) is 10.1 Å². The highest BCUT2D eigenvalue weighted by molar-refractivity contribution is 7.19. The molecule has 0 aliphatic carbocycles. The Morgan fingerprint density at radius 2 is 1.41 bits per heavy atom. The van der Waals surface area contributed by atoms with Crippen molar-refractivity contribution in [2.45, 2.75) is 74.4 Å². The van der Waals surface area contributed by atoms with Crippen molar-refractivity contribution in [2.24, 2.45) is 0 Å². The van der Waals surface area contributed by atoms with Crippen LogP contribution in [0.3, 0.4) is 0 Å². The summed E-state index contributed by atoms with van der Waals surface area (Å²) in [6.07, 6.45) is -10.5. The van der Waals surface area contributed by atoms with Crippen LogP contribution in [-0.4, -0.2) is 109 Å². The predicted molar refractivity (Wildman–Crippen MR) is 148 cm³/mol. The number of aliphatic hydroxyl groups excluding tert-OH is 8. The fourth-order valence-electron chi connectivity index (χ4n) is 5.02. The monoisotopic (exact) mass is 589 g/mol. The Bertz CT molecular complexity index is 1300. The molecule has 2 aromatic carbocycles. The zero-order chi connectivity index (χ0) is 29.8. The Labute approximate surface area is 240 Å². The molecule has 0 bridgehead atoms. The maximum absolute atomic E-state index is 10.4. The number of aliphatic hydroxyl groups is 8. The van der Waals surface area contributed by atoms with E-state index >= 15 is 0 Å². The first-order valence-electron chi connectivity index (χ1n) is 13.2. The van der Waals surface area contributed by atoms with Gasteiger partial charge in [-0.1, -0.05) is 30.3 Å². The first-order valence-corrected chi connectivity index (χ1v) is 14.0. The molecule has 8 N–H and O–H groups in total. The third-order valence-corrected chi connectivity index (χ3v) is 8.56. The van der Waals surface area contributed by atoms with Crippen molar-refractivity contribution in [3.05, 3.63) is 70.1 Å². The molecule has 3 aromatic rings. The predicted octanol–water partition coefficient (Wildman–Crippen LogP) is -0.273. The van der Waals surface area contributed by atoms with E-state index in [9.17, 15) is 41.0 Å². The Hall–Kier alpha value is -2.51. The van der Waals surface area contributed by atoms with Crippen LogP contribution < -0.4 is 0 Å². The summed E-state index contributed by atoms with van der Waals surface area (Å²) in [6, 6.07) is 17.5. The van der Waals surface area contributed by atoms with E-state index in [-0.39, 0.29) is 6.61 Å². The molecule has 11 nitrogen and oxygen atoms in total. The summed E-state index contributed by atoms with van der Waals surface area (Å²) in [5.74, 6) is 0. The van der Waals surface area contributed by atoms with Crippen molar-refractivity contribution < 1.29 is 50.3 Å². The molecule has 5 rings (SSSR count). The largest absolute Gasteiger partial charge is 0.394 e. The van der Waals surface area contributed by atoms with Gasteiger partial charge < -0.3 is 50.3 Å². The summed E-state index contributed by atoms with van der Waals surface area (Å²) in [7, 11) is 0. The molecule has 0 unspecified atom stereocenters. The van der Waals surface area contributed by atoms with Gasteiger partial charge in [0.2, 0.25) is 0 Å². The molecule has 0 radical (unpaired) electrons. The smallest absolute Gasteiger partial charge is 0.113 e. The molecule has 12 heteroatoms. The van der Waals surface area contributed by atoms with Gasteiger partial charge in [-0.2, -0.15) is 5.26 Å². The van der Waals surface area contributed by atoms with E-state index in [4.69, 9.17) is 14.6 Å². The number of benzene rings is 2. The van der Waals surface area contributed by atoms with Crippen molar-refractivity contribution in [3.63, 3.8) is 0 Å². The van der Waals surface area contributed by atoms with Crippen molar-refractivity contribution in [1.29, 1.82) is 5.26 Å². The van der Waals surface area contributed by atoms with E-state index in [1.807, 2.05) is 18.2 Å². The van der Waals surface area contributed by atoms with Crippen molar-refractivity contribution in [1.82, 2.24) is 0 Å². The topological polar surface area (TPSA) is 204 Å². The number of thiophene rings is 1. The second-order valence-electron chi connectivity index (χ2n) is 10.2. The number of rotatable bonds is 5. The fraction of sp³-hybridized carbons (Fsp3) is 0.483. The Kier molecular flexibility index (Phi) is 10.5. The lowest BCUT2D eigenvalue weighted by atomic mass is 9.89. The van der Waals surface area contributed by atoms with Gasteiger partial charge in [0.25, 0.3) is 0 Å². The highest BCUT2D eigenvalue weighted by Gasteiger charge is 2.44.